The number of rotatable bonds is 4. The van der Waals surface area contributed by atoms with Crippen LogP contribution in [0.25, 0.3) is 0 Å². The lowest BCUT2D eigenvalue weighted by atomic mass is 10.1. The molecule has 1 atom stereocenters. The van der Waals surface area contributed by atoms with Crippen LogP contribution in [0.2, 0.25) is 0 Å². The summed E-state index contributed by atoms with van der Waals surface area (Å²) in [7, 11) is 1.81. The maximum atomic E-state index is 14.0. The summed E-state index contributed by atoms with van der Waals surface area (Å²) in [5.41, 5.74) is 1.03. The first-order valence-corrected chi connectivity index (χ1v) is 8.33. The Morgan fingerprint density at radius 1 is 1.43 bits per heavy atom. The third kappa shape index (κ3) is 3.11. The highest BCUT2D eigenvalue weighted by atomic mass is 32.2. The maximum Gasteiger partial charge on any atom is 0.240 e. The predicted octanol–water partition coefficient (Wildman–Crippen LogP) is 2.34. The van der Waals surface area contributed by atoms with Gasteiger partial charge in [-0.3, -0.25) is 4.79 Å². The molecule has 3 rings (SSSR count). The fourth-order valence-corrected chi connectivity index (χ4v) is 3.83. The molecule has 7 heteroatoms. The standard InChI is InChI=1S/C16H18FN3O2S/c1-19-11(10-21)9-18-16(19)23-14-7-4-8-20(15(14)22)13-6-3-2-5-12(13)17/h2-3,5-6,9,14,21H,4,7-8,10H2,1H3/t14-/m0/s1. The van der Waals surface area contributed by atoms with Gasteiger partial charge in [-0.25, -0.2) is 9.37 Å². The van der Waals surface area contributed by atoms with Crippen molar-refractivity contribution in [2.45, 2.75) is 29.9 Å². The minimum Gasteiger partial charge on any atom is -0.390 e. The second-order valence-electron chi connectivity index (χ2n) is 5.44. The summed E-state index contributed by atoms with van der Waals surface area (Å²) in [6.45, 7) is 0.434. The second kappa shape index (κ2) is 6.72. The van der Waals surface area contributed by atoms with E-state index in [2.05, 4.69) is 4.98 Å². The number of para-hydroxylation sites is 1. The molecule has 0 bridgehead atoms. The van der Waals surface area contributed by atoms with Crippen LogP contribution < -0.4 is 4.90 Å². The van der Waals surface area contributed by atoms with Gasteiger partial charge < -0.3 is 14.6 Å². The summed E-state index contributed by atoms with van der Waals surface area (Å²) >= 11 is 1.37. The van der Waals surface area contributed by atoms with Crippen molar-refractivity contribution >= 4 is 23.4 Å². The minimum atomic E-state index is -0.383. The van der Waals surface area contributed by atoms with Crippen LogP contribution in [0.1, 0.15) is 18.5 Å². The number of piperidine rings is 1. The fraction of sp³-hybridized carbons (Fsp3) is 0.375. The molecule has 1 aliphatic rings. The van der Waals surface area contributed by atoms with Crippen LogP contribution >= 0.6 is 11.8 Å². The molecule has 122 valence electrons. The van der Waals surface area contributed by atoms with E-state index in [0.717, 1.165) is 12.8 Å². The molecule has 1 aliphatic heterocycles. The lowest BCUT2D eigenvalue weighted by Crippen LogP contribution is -2.43. The number of anilines is 1. The Balaban J connectivity index is 1.80. The molecule has 1 N–H and O–H groups in total. The summed E-state index contributed by atoms with van der Waals surface area (Å²) in [6.07, 6.45) is 3.15. The van der Waals surface area contributed by atoms with Crippen molar-refractivity contribution in [3.05, 3.63) is 42.0 Å². The van der Waals surface area contributed by atoms with E-state index in [4.69, 9.17) is 0 Å². The number of hydrogen-bond acceptors (Lipinski definition) is 4. The number of amides is 1. The molecule has 1 amide bonds. The molecule has 0 aliphatic carbocycles. The van der Waals surface area contributed by atoms with Crippen LogP contribution in [-0.4, -0.2) is 32.4 Å². The average Bonchev–Trinajstić information content (AvgIpc) is 2.90. The first-order valence-electron chi connectivity index (χ1n) is 7.46. The van der Waals surface area contributed by atoms with Crippen LogP contribution in [0, 0.1) is 5.82 Å². The van der Waals surface area contributed by atoms with Crippen LogP contribution in [0.4, 0.5) is 10.1 Å². The summed E-state index contributed by atoms with van der Waals surface area (Å²) < 4.78 is 15.7. The Morgan fingerprint density at radius 3 is 2.91 bits per heavy atom. The Morgan fingerprint density at radius 2 is 2.22 bits per heavy atom. The Bertz CT molecular complexity index is 719. The number of hydrogen-bond donors (Lipinski definition) is 1. The summed E-state index contributed by atoms with van der Waals surface area (Å²) in [6, 6.07) is 6.34. The summed E-state index contributed by atoms with van der Waals surface area (Å²) in [4.78, 5) is 18.5. The van der Waals surface area contributed by atoms with Crippen molar-refractivity contribution in [2.24, 2.45) is 7.05 Å². The lowest BCUT2D eigenvalue weighted by Gasteiger charge is -2.32. The van der Waals surface area contributed by atoms with Crippen molar-refractivity contribution in [1.82, 2.24) is 9.55 Å². The second-order valence-corrected chi connectivity index (χ2v) is 6.61. The number of imidazole rings is 1. The molecule has 0 saturated carbocycles. The highest BCUT2D eigenvalue weighted by molar-refractivity contribution is 8.00. The third-order valence-electron chi connectivity index (χ3n) is 3.98. The molecular formula is C16H18FN3O2S. The Labute approximate surface area is 138 Å². The SMILES string of the molecule is Cn1c(CO)cnc1S[C@H]1CCCN(c2ccccc2F)C1=O. The molecule has 1 fully saturated rings. The summed E-state index contributed by atoms with van der Waals surface area (Å²) in [5, 5.41) is 9.61. The van der Waals surface area contributed by atoms with E-state index in [9.17, 15) is 14.3 Å². The zero-order valence-electron chi connectivity index (χ0n) is 12.8. The first-order chi connectivity index (χ1) is 11.1. The van der Waals surface area contributed by atoms with Crippen molar-refractivity contribution in [1.29, 1.82) is 0 Å². The average molecular weight is 335 g/mol. The van der Waals surface area contributed by atoms with Crippen LogP contribution in [0.3, 0.4) is 0 Å². The van der Waals surface area contributed by atoms with Gasteiger partial charge in [-0.2, -0.15) is 0 Å². The normalized spacial score (nSPS) is 18.5. The molecule has 1 saturated heterocycles. The van der Waals surface area contributed by atoms with Gasteiger partial charge >= 0.3 is 0 Å². The van der Waals surface area contributed by atoms with Crippen molar-refractivity contribution in [2.75, 3.05) is 11.4 Å². The molecule has 2 heterocycles. The van der Waals surface area contributed by atoms with Gasteiger partial charge in [-0.05, 0) is 25.0 Å². The van der Waals surface area contributed by atoms with Crippen LogP contribution in [-0.2, 0) is 18.4 Å². The van der Waals surface area contributed by atoms with Gasteiger partial charge in [0.2, 0.25) is 5.91 Å². The number of aliphatic hydroxyl groups excluding tert-OH is 1. The minimum absolute atomic E-state index is 0.0932. The van der Waals surface area contributed by atoms with E-state index in [0.29, 0.717) is 23.1 Å². The molecular weight excluding hydrogens is 317 g/mol. The molecule has 0 unspecified atom stereocenters. The van der Waals surface area contributed by atoms with E-state index in [1.807, 2.05) is 7.05 Å². The number of halogens is 1. The van der Waals surface area contributed by atoms with Crippen molar-refractivity contribution in [3.63, 3.8) is 0 Å². The van der Waals surface area contributed by atoms with E-state index in [1.165, 1.54) is 22.7 Å². The largest absolute Gasteiger partial charge is 0.390 e. The molecule has 2 aromatic rings. The smallest absolute Gasteiger partial charge is 0.240 e. The van der Waals surface area contributed by atoms with Gasteiger partial charge in [0.1, 0.15) is 5.82 Å². The van der Waals surface area contributed by atoms with E-state index in [-0.39, 0.29) is 23.6 Å². The number of benzene rings is 1. The summed E-state index contributed by atoms with van der Waals surface area (Å²) in [5.74, 6) is -0.481. The quantitative estimate of drug-likeness (QED) is 0.932. The van der Waals surface area contributed by atoms with Crippen molar-refractivity contribution < 1.29 is 14.3 Å². The van der Waals surface area contributed by atoms with Crippen molar-refractivity contribution in [3.8, 4) is 0 Å². The zero-order valence-corrected chi connectivity index (χ0v) is 13.6. The van der Waals surface area contributed by atoms with E-state index in [1.54, 1.807) is 29.0 Å². The number of carbonyl (C=O) groups excluding carboxylic acids is 1. The van der Waals surface area contributed by atoms with Gasteiger partial charge in [0.05, 0.1) is 29.4 Å². The molecule has 5 nitrogen and oxygen atoms in total. The van der Waals surface area contributed by atoms with E-state index < -0.39 is 0 Å². The van der Waals surface area contributed by atoms with Gasteiger partial charge in [0.15, 0.2) is 5.16 Å². The predicted molar refractivity (Wildman–Crippen MR) is 86.8 cm³/mol. The number of nitrogens with zero attached hydrogens (tertiary/aromatic N) is 3. The molecule has 0 spiro atoms. The van der Waals surface area contributed by atoms with Gasteiger partial charge in [0.25, 0.3) is 0 Å². The fourth-order valence-electron chi connectivity index (χ4n) is 2.67. The molecule has 1 aromatic carbocycles. The molecule has 0 radical (unpaired) electrons. The van der Waals surface area contributed by atoms with Gasteiger partial charge in [-0.15, -0.1) is 0 Å². The van der Waals surface area contributed by atoms with Gasteiger partial charge in [-0.1, -0.05) is 23.9 Å². The monoisotopic (exact) mass is 335 g/mol. The number of thioether (sulfide) groups is 1. The van der Waals surface area contributed by atoms with Gasteiger partial charge in [0, 0.05) is 13.6 Å². The number of carbonyl (C=O) groups is 1. The highest BCUT2D eigenvalue weighted by Gasteiger charge is 2.32. The highest BCUT2D eigenvalue weighted by Crippen LogP contribution is 2.32. The van der Waals surface area contributed by atoms with Crippen LogP contribution in [0.15, 0.2) is 35.6 Å². The first kappa shape index (κ1) is 16.0. The van der Waals surface area contributed by atoms with E-state index >= 15 is 0 Å². The lowest BCUT2D eigenvalue weighted by molar-refractivity contribution is -0.119. The molecule has 23 heavy (non-hydrogen) atoms. The topological polar surface area (TPSA) is 58.4 Å². The molecule has 1 aromatic heterocycles. The maximum absolute atomic E-state index is 14.0. The number of aliphatic hydroxyl groups is 1. The van der Waals surface area contributed by atoms with Crippen LogP contribution in [0.5, 0.6) is 0 Å². The zero-order chi connectivity index (χ0) is 16.4. The third-order valence-corrected chi connectivity index (χ3v) is 5.30. The Hall–Kier alpha value is -1.86. The Kier molecular flexibility index (Phi) is 4.68. The number of aromatic nitrogens is 2.